The van der Waals surface area contributed by atoms with Gasteiger partial charge in [-0.25, -0.2) is 4.98 Å². The van der Waals surface area contributed by atoms with Gasteiger partial charge in [0.1, 0.15) is 10.6 Å². The van der Waals surface area contributed by atoms with Gasteiger partial charge in [-0.05, 0) is 62.6 Å². The number of ether oxygens (including phenoxy) is 1. The average Bonchev–Trinajstić information content (AvgIpc) is 3.32. The number of amides is 1. The number of anilines is 1. The summed E-state index contributed by atoms with van der Waals surface area (Å²) in [5.41, 5.74) is 6.40. The highest BCUT2D eigenvalue weighted by atomic mass is 32.1. The molecule has 1 amide bonds. The molecule has 5 rings (SSSR count). The number of fused-ring (bicyclic) bond motifs is 2. The normalized spacial score (nSPS) is 13.5. The molecule has 0 radical (unpaired) electrons. The van der Waals surface area contributed by atoms with Gasteiger partial charge in [-0.3, -0.25) is 9.20 Å². The van der Waals surface area contributed by atoms with E-state index in [1.165, 1.54) is 22.5 Å². The van der Waals surface area contributed by atoms with Crippen molar-refractivity contribution in [3.05, 3.63) is 70.4 Å². The van der Waals surface area contributed by atoms with Crippen LogP contribution in [0.4, 0.5) is 5.69 Å². The molecule has 4 aromatic rings. The number of aryl methyl sites for hydroxylation is 3. The maximum absolute atomic E-state index is 13.4. The second-order valence-corrected chi connectivity index (χ2v) is 8.69. The highest BCUT2D eigenvalue weighted by molar-refractivity contribution is 7.19. The summed E-state index contributed by atoms with van der Waals surface area (Å²) in [6, 6.07) is 14.2. The number of methoxy groups -OCH3 is 1. The molecular formula is C24H23N3O2S. The Balaban J connectivity index is 1.49. The van der Waals surface area contributed by atoms with E-state index in [2.05, 4.69) is 25.1 Å². The van der Waals surface area contributed by atoms with Crippen molar-refractivity contribution in [2.75, 3.05) is 18.6 Å². The fourth-order valence-electron chi connectivity index (χ4n) is 4.11. The molecule has 5 nitrogen and oxygen atoms in total. The van der Waals surface area contributed by atoms with Crippen LogP contribution in [0.5, 0.6) is 5.75 Å². The molecule has 30 heavy (non-hydrogen) atoms. The fraction of sp³-hybridized carbons (Fsp3) is 0.250. The Morgan fingerprint density at radius 3 is 2.67 bits per heavy atom. The fourth-order valence-corrected chi connectivity index (χ4v) is 5.17. The number of nitrogens with zero attached hydrogens (tertiary/aromatic N) is 3. The Morgan fingerprint density at radius 2 is 1.93 bits per heavy atom. The monoisotopic (exact) mass is 417 g/mol. The molecule has 0 saturated carbocycles. The van der Waals surface area contributed by atoms with Crippen LogP contribution >= 0.6 is 11.3 Å². The zero-order chi connectivity index (χ0) is 20.8. The minimum atomic E-state index is 0.0683. The van der Waals surface area contributed by atoms with E-state index in [-0.39, 0.29) is 5.91 Å². The lowest BCUT2D eigenvalue weighted by molar-refractivity contribution is 0.0988. The number of hydrogen-bond donors (Lipinski definition) is 0. The predicted molar refractivity (Wildman–Crippen MR) is 121 cm³/mol. The van der Waals surface area contributed by atoms with Crippen molar-refractivity contribution in [2.24, 2.45) is 0 Å². The second-order valence-electron chi connectivity index (χ2n) is 7.72. The third-order valence-corrected chi connectivity index (χ3v) is 6.88. The van der Waals surface area contributed by atoms with Crippen LogP contribution in [0.2, 0.25) is 0 Å². The van der Waals surface area contributed by atoms with Gasteiger partial charge in [0.05, 0.1) is 12.8 Å². The second kappa shape index (κ2) is 7.29. The van der Waals surface area contributed by atoms with Gasteiger partial charge in [-0.2, -0.15) is 0 Å². The van der Waals surface area contributed by atoms with Crippen molar-refractivity contribution in [3.63, 3.8) is 0 Å². The van der Waals surface area contributed by atoms with Crippen LogP contribution in [0.15, 0.2) is 48.7 Å². The van der Waals surface area contributed by atoms with Gasteiger partial charge >= 0.3 is 0 Å². The maximum Gasteiger partial charge on any atom is 0.270 e. The van der Waals surface area contributed by atoms with Crippen molar-refractivity contribution in [1.29, 1.82) is 0 Å². The largest absolute Gasteiger partial charge is 0.497 e. The quantitative estimate of drug-likeness (QED) is 0.456. The number of rotatable bonds is 3. The Kier molecular flexibility index (Phi) is 4.59. The molecule has 2 aromatic heterocycles. The third kappa shape index (κ3) is 3.08. The van der Waals surface area contributed by atoms with Crippen LogP contribution in [0.1, 0.15) is 32.9 Å². The number of benzene rings is 2. The molecule has 0 bridgehead atoms. The van der Waals surface area contributed by atoms with Crippen molar-refractivity contribution in [1.82, 2.24) is 9.38 Å². The molecule has 2 aromatic carbocycles. The number of aromatic nitrogens is 2. The summed E-state index contributed by atoms with van der Waals surface area (Å²) >= 11 is 1.46. The summed E-state index contributed by atoms with van der Waals surface area (Å²) in [5, 5.41) is 0. The van der Waals surface area contributed by atoms with Crippen LogP contribution in [0.25, 0.3) is 16.2 Å². The molecule has 0 spiro atoms. The molecule has 6 heteroatoms. The topological polar surface area (TPSA) is 46.8 Å². The summed E-state index contributed by atoms with van der Waals surface area (Å²) in [7, 11) is 1.66. The molecule has 0 saturated heterocycles. The van der Waals surface area contributed by atoms with E-state index >= 15 is 0 Å². The van der Waals surface area contributed by atoms with Gasteiger partial charge in [-0.15, -0.1) is 0 Å². The van der Waals surface area contributed by atoms with Gasteiger partial charge in [0.2, 0.25) is 0 Å². The van der Waals surface area contributed by atoms with Gasteiger partial charge in [0, 0.05) is 29.7 Å². The Morgan fingerprint density at radius 1 is 1.13 bits per heavy atom. The van der Waals surface area contributed by atoms with Crippen molar-refractivity contribution in [2.45, 2.75) is 26.7 Å². The molecular weight excluding hydrogens is 394 g/mol. The summed E-state index contributed by atoms with van der Waals surface area (Å²) in [6.45, 7) is 4.85. The predicted octanol–water partition coefficient (Wildman–Crippen LogP) is 5.28. The molecule has 1 aliphatic heterocycles. The van der Waals surface area contributed by atoms with Crippen LogP contribution in [0.3, 0.4) is 0 Å². The summed E-state index contributed by atoms with van der Waals surface area (Å²) in [6.07, 6.45) is 4.03. The zero-order valence-corrected chi connectivity index (χ0v) is 18.1. The highest BCUT2D eigenvalue weighted by Crippen LogP contribution is 2.33. The first-order chi connectivity index (χ1) is 14.5. The van der Waals surface area contributed by atoms with Crippen LogP contribution in [-0.4, -0.2) is 28.9 Å². The van der Waals surface area contributed by atoms with Crippen molar-refractivity contribution < 1.29 is 9.53 Å². The minimum Gasteiger partial charge on any atom is -0.497 e. The average molecular weight is 418 g/mol. The van der Waals surface area contributed by atoms with E-state index < -0.39 is 0 Å². The van der Waals surface area contributed by atoms with Crippen molar-refractivity contribution in [3.8, 4) is 17.0 Å². The molecule has 0 aliphatic carbocycles. The molecule has 0 unspecified atom stereocenters. The Bertz CT molecular complexity index is 1250. The summed E-state index contributed by atoms with van der Waals surface area (Å²) in [5.74, 6) is 0.889. The number of imidazole rings is 1. The molecule has 3 heterocycles. The lowest BCUT2D eigenvalue weighted by Gasteiger charge is -2.29. The van der Waals surface area contributed by atoms with E-state index in [1.807, 2.05) is 46.7 Å². The highest BCUT2D eigenvalue weighted by Gasteiger charge is 2.27. The molecule has 0 N–H and O–H groups in total. The minimum absolute atomic E-state index is 0.0683. The molecule has 0 fully saturated rings. The van der Waals surface area contributed by atoms with Crippen LogP contribution < -0.4 is 9.64 Å². The first-order valence-corrected chi connectivity index (χ1v) is 10.9. The number of carbonyl (C=O) groups excluding carboxylic acids is 1. The van der Waals surface area contributed by atoms with Crippen molar-refractivity contribution >= 4 is 27.9 Å². The number of carbonyl (C=O) groups is 1. The van der Waals surface area contributed by atoms with E-state index in [0.29, 0.717) is 0 Å². The smallest absolute Gasteiger partial charge is 0.270 e. The SMILES string of the molecule is COc1ccc(-c2cn3c(C)c(C(=O)N4CCCc5cc(C)ccc54)sc3n2)cc1. The van der Waals surface area contributed by atoms with Crippen LogP contribution in [-0.2, 0) is 6.42 Å². The summed E-state index contributed by atoms with van der Waals surface area (Å²) < 4.78 is 7.26. The molecule has 0 atom stereocenters. The standard InChI is InChI=1S/C24H23N3O2S/c1-15-6-11-21-18(13-15)5-4-12-26(21)23(28)22-16(2)27-14-20(25-24(27)30-22)17-7-9-19(29-3)10-8-17/h6-11,13-14H,4-5,12H2,1-3H3. The van der Waals surface area contributed by atoms with Gasteiger partial charge in [0.15, 0.2) is 4.96 Å². The van der Waals surface area contributed by atoms with Crippen LogP contribution in [0, 0.1) is 13.8 Å². The maximum atomic E-state index is 13.4. The lowest BCUT2D eigenvalue weighted by Crippen LogP contribution is -2.35. The molecule has 1 aliphatic rings. The van der Waals surface area contributed by atoms with E-state index in [4.69, 9.17) is 9.72 Å². The van der Waals surface area contributed by atoms with E-state index in [1.54, 1.807) is 7.11 Å². The first-order valence-electron chi connectivity index (χ1n) is 10.1. The van der Waals surface area contributed by atoms with Gasteiger partial charge in [-0.1, -0.05) is 29.0 Å². The molecule has 152 valence electrons. The summed E-state index contributed by atoms with van der Waals surface area (Å²) in [4.78, 5) is 21.7. The van der Waals surface area contributed by atoms with Gasteiger partial charge < -0.3 is 9.64 Å². The number of thiazole rings is 1. The zero-order valence-electron chi connectivity index (χ0n) is 17.3. The Labute approximate surface area is 179 Å². The third-order valence-electron chi connectivity index (χ3n) is 5.74. The van der Waals surface area contributed by atoms with E-state index in [9.17, 15) is 4.79 Å². The first kappa shape index (κ1) is 18.9. The Hall–Kier alpha value is -3.12. The number of hydrogen-bond acceptors (Lipinski definition) is 4. The van der Waals surface area contributed by atoms with E-state index in [0.717, 1.165) is 57.6 Å². The lowest BCUT2D eigenvalue weighted by atomic mass is 9.99. The van der Waals surface area contributed by atoms with Gasteiger partial charge in [0.25, 0.3) is 5.91 Å².